The molecule has 0 saturated carbocycles. The van der Waals surface area contributed by atoms with E-state index in [1.807, 2.05) is 0 Å². The predicted molar refractivity (Wildman–Crippen MR) is 124 cm³/mol. The van der Waals surface area contributed by atoms with Crippen LogP contribution in [0.25, 0.3) is 0 Å². The molecule has 11 heteroatoms. The Balaban J connectivity index is 1.88. The Kier molecular flexibility index (Phi) is 8.65. The average molecular weight is 484 g/mol. The molecule has 0 atom stereocenters. The molecule has 0 unspecified atom stereocenters. The molecule has 2 aromatic carbocycles. The van der Waals surface area contributed by atoms with Crippen LogP contribution < -0.4 is 14.4 Å². The molecule has 0 aliphatic rings. The number of anilines is 1. The molecule has 2 aromatic rings. The molecule has 1 N–H and O–H groups in total. The minimum Gasteiger partial charge on any atom is -0.492 e. The summed E-state index contributed by atoms with van der Waals surface area (Å²) in [7, 11) is -3.95. The largest absolute Gasteiger partial charge is 0.492 e. The normalized spacial score (nSPS) is 11.9. The third kappa shape index (κ3) is 6.21. The third-order valence-corrected chi connectivity index (χ3v) is 8.36. The Morgan fingerprint density at radius 2 is 1.53 bits per heavy atom. The molecule has 0 heterocycles. The van der Waals surface area contributed by atoms with Crippen LogP contribution in [-0.2, 0) is 20.0 Å². The van der Waals surface area contributed by atoms with Gasteiger partial charge in [0.2, 0.25) is 20.0 Å². The van der Waals surface area contributed by atoms with E-state index in [0.717, 1.165) is 4.31 Å². The molecule has 0 saturated heterocycles. The molecule has 0 fully saturated rings. The fraction of sp³-hybridized carbons (Fsp3) is 0.381. The van der Waals surface area contributed by atoms with Crippen molar-refractivity contribution in [1.29, 1.82) is 0 Å². The van der Waals surface area contributed by atoms with Gasteiger partial charge in [-0.05, 0) is 62.4 Å². The predicted octanol–water partition coefficient (Wildman–Crippen LogP) is 1.92. The van der Waals surface area contributed by atoms with Crippen LogP contribution in [0.4, 0.5) is 5.69 Å². The Morgan fingerprint density at radius 1 is 0.938 bits per heavy atom. The molecule has 0 aliphatic heterocycles. The first-order chi connectivity index (χ1) is 15.0. The van der Waals surface area contributed by atoms with Gasteiger partial charge in [0.1, 0.15) is 12.4 Å². The van der Waals surface area contributed by atoms with Gasteiger partial charge < -0.3 is 10.1 Å². The molecule has 32 heavy (non-hydrogen) atoms. The molecule has 0 bridgehead atoms. The number of hydrogen-bond donors (Lipinski definition) is 1. The van der Waals surface area contributed by atoms with E-state index in [1.54, 1.807) is 50.2 Å². The lowest BCUT2D eigenvalue weighted by Gasteiger charge is -2.22. The van der Waals surface area contributed by atoms with Gasteiger partial charge in [0.05, 0.1) is 22.9 Å². The fourth-order valence-corrected chi connectivity index (χ4v) is 4.88. The van der Waals surface area contributed by atoms with Gasteiger partial charge in [-0.15, -0.1) is 0 Å². The first kappa shape index (κ1) is 25.6. The van der Waals surface area contributed by atoms with Crippen molar-refractivity contribution >= 4 is 31.6 Å². The number of amides is 1. The van der Waals surface area contributed by atoms with E-state index < -0.39 is 20.0 Å². The number of benzene rings is 2. The Bertz CT molecular complexity index is 1110. The number of nitrogens with one attached hydrogen (secondary N) is 1. The third-order valence-electron chi connectivity index (χ3n) is 4.66. The zero-order valence-corrected chi connectivity index (χ0v) is 20.2. The number of rotatable bonds is 11. The second kappa shape index (κ2) is 10.8. The van der Waals surface area contributed by atoms with E-state index in [1.165, 1.54) is 30.5 Å². The highest BCUT2D eigenvalue weighted by atomic mass is 32.2. The average Bonchev–Trinajstić information content (AvgIpc) is 2.77. The molecule has 0 radical (unpaired) electrons. The van der Waals surface area contributed by atoms with Gasteiger partial charge in [-0.3, -0.25) is 9.10 Å². The van der Waals surface area contributed by atoms with Crippen molar-refractivity contribution in [2.45, 2.75) is 18.7 Å². The van der Waals surface area contributed by atoms with Gasteiger partial charge in [-0.2, -0.15) is 0 Å². The van der Waals surface area contributed by atoms with Gasteiger partial charge in [0.15, 0.2) is 0 Å². The van der Waals surface area contributed by atoms with Crippen LogP contribution in [0.2, 0.25) is 0 Å². The van der Waals surface area contributed by atoms with Gasteiger partial charge in [0.25, 0.3) is 5.91 Å². The molecular weight excluding hydrogens is 454 g/mol. The number of ether oxygens (including phenoxy) is 1. The number of hydrogen-bond acceptors (Lipinski definition) is 6. The van der Waals surface area contributed by atoms with Gasteiger partial charge in [-0.25, -0.2) is 21.1 Å². The maximum Gasteiger partial charge on any atom is 0.251 e. The van der Waals surface area contributed by atoms with Crippen molar-refractivity contribution in [2.24, 2.45) is 0 Å². The summed E-state index contributed by atoms with van der Waals surface area (Å²) in [6, 6.07) is 12.4. The number of sulfonamides is 2. The first-order valence-electron chi connectivity index (χ1n) is 10.1. The fourth-order valence-electron chi connectivity index (χ4n) is 2.83. The van der Waals surface area contributed by atoms with Crippen molar-refractivity contribution < 1.29 is 26.4 Å². The smallest absolute Gasteiger partial charge is 0.251 e. The Hall–Kier alpha value is -2.63. The van der Waals surface area contributed by atoms with Crippen LogP contribution in [0.1, 0.15) is 24.2 Å². The highest BCUT2D eigenvalue weighted by Gasteiger charge is 2.19. The van der Waals surface area contributed by atoms with Crippen molar-refractivity contribution in [3.05, 3.63) is 54.1 Å². The van der Waals surface area contributed by atoms with Crippen molar-refractivity contribution in [3.63, 3.8) is 0 Å². The highest BCUT2D eigenvalue weighted by molar-refractivity contribution is 7.92. The second-order valence-corrected chi connectivity index (χ2v) is 11.3. The molecule has 176 valence electrons. The quantitative estimate of drug-likeness (QED) is 0.489. The Labute approximate surface area is 190 Å². The molecule has 0 aromatic heterocycles. The minimum absolute atomic E-state index is 0.00271. The maximum absolute atomic E-state index is 12.3. The lowest BCUT2D eigenvalue weighted by atomic mass is 10.2. The molecule has 9 nitrogen and oxygen atoms in total. The standard InChI is InChI=1S/C21H29N3O6S2/c1-5-24(31(26,27)6-2)18-9-7-17(8-10-18)21(25)22-15-16-30-19-11-13-20(14-12-19)32(28,29)23(3)4/h7-14H,5-6,15-16H2,1-4H3,(H,22,25). The molecule has 2 rings (SSSR count). The summed E-state index contributed by atoms with van der Waals surface area (Å²) < 4.78 is 56.4. The topological polar surface area (TPSA) is 113 Å². The van der Waals surface area contributed by atoms with E-state index in [-0.39, 0.29) is 29.7 Å². The van der Waals surface area contributed by atoms with Crippen LogP contribution in [0.3, 0.4) is 0 Å². The van der Waals surface area contributed by atoms with Gasteiger partial charge in [0, 0.05) is 26.2 Å². The summed E-state index contributed by atoms with van der Waals surface area (Å²) in [5.41, 5.74) is 0.908. The lowest BCUT2D eigenvalue weighted by molar-refractivity contribution is 0.0947. The van der Waals surface area contributed by atoms with E-state index in [2.05, 4.69) is 5.32 Å². The SMILES string of the molecule is CCN(c1ccc(C(=O)NCCOc2ccc(S(=O)(=O)N(C)C)cc2)cc1)S(=O)(=O)CC. The Morgan fingerprint density at radius 3 is 2.03 bits per heavy atom. The van der Waals surface area contributed by atoms with Crippen LogP contribution in [0.15, 0.2) is 53.4 Å². The van der Waals surface area contributed by atoms with Crippen LogP contribution >= 0.6 is 0 Å². The second-order valence-electron chi connectivity index (χ2n) is 6.98. The number of carbonyl (C=O) groups is 1. The van der Waals surface area contributed by atoms with Gasteiger partial charge in [-0.1, -0.05) is 0 Å². The van der Waals surface area contributed by atoms with Crippen molar-refractivity contribution in [2.75, 3.05) is 43.8 Å². The van der Waals surface area contributed by atoms with Gasteiger partial charge >= 0.3 is 0 Å². The molecule has 0 aliphatic carbocycles. The zero-order valence-electron chi connectivity index (χ0n) is 18.6. The molecule has 0 spiro atoms. The van der Waals surface area contributed by atoms with Crippen molar-refractivity contribution in [1.82, 2.24) is 9.62 Å². The monoisotopic (exact) mass is 483 g/mol. The summed E-state index contributed by atoms with van der Waals surface area (Å²) in [5, 5.41) is 2.73. The number of carbonyl (C=O) groups excluding carboxylic acids is 1. The lowest BCUT2D eigenvalue weighted by Crippen LogP contribution is -2.32. The minimum atomic E-state index is -3.50. The summed E-state index contributed by atoms with van der Waals surface area (Å²) in [4.78, 5) is 12.5. The highest BCUT2D eigenvalue weighted by Crippen LogP contribution is 2.19. The first-order valence-corrected chi connectivity index (χ1v) is 13.1. The molecular formula is C21H29N3O6S2. The number of nitrogens with zero attached hydrogens (tertiary/aromatic N) is 2. The van der Waals surface area contributed by atoms with Crippen LogP contribution in [-0.4, -0.2) is 66.6 Å². The van der Waals surface area contributed by atoms with Crippen LogP contribution in [0, 0.1) is 0 Å². The summed E-state index contributed by atoms with van der Waals surface area (Å²) >= 11 is 0. The van der Waals surface area contributed by atoms with E-state index in [9.17, 15) is 21.6 Å². The van der Waals surface area contributed by atoms with E-state index in [0.29, 0.717) is 23.5 Å². The summed E-state index contributed by atoms with van der Waals surface area (Å²) in [6.45, 7) is 4.08. The summed E-state index contributed by atoms with van der Waals surface area (Å²) in [6.07, 6.45) is 0. The van der Waals surface area contributed by atoms with E-state index in [4.69, 9.17) is 4.74 Å². The maximum atomic E-state index is 12.3. The van der Waals surface area contributed by atoms with E-state index >= 15 is 0 Å². The van der Waals surface area contributed by atoms with Crippen LogP contribution in [0.5, 0.6) is 5.75 Å². The summed E-state index contributed by atoms with van der Waals surface area (Å²) in [5.74, 6) is 0.171. The molecule has 1 amide bonds. The zero-order chi connectivity index (χ0) is 23.9. The van der Waals surface area contributed by atoms with Crippen molar-refractivity contribution in [3.8, 4) is 5.75 Å².